The standard InChI is InChI=1S/C14H20N2O3S/c1-9(8-12(15)20)16(2)14(17)10-6-5-7-11(18-3)13(10)19-4/h5-7,9H,8H2,1-4H3,(H2,15,20). The van der Waals surface area contributed by atoms with Gasteiger partial charge in [0.25, 0.3) is 5.91 Å². The Balaban J connectivity index is 3.05. The molecule has 0 saturated carbocycles. The van der Waals surface area contributed by atoms with Crippen molar-refractivity contribution in [1.29, 1.82) is 0 Å². The van der Waals surface area contributed by atoms with Crippen molar-refractivity contribution in [3.05, 3.63) is 23.8 Å². The fraction of sp³-hybridized carbons (Fsp3) is 0.429. The Labute approximate surface area is 124 Å². The minimum atomic E-state index is -0.162. The van der Waals surface area contributed by atoms with Gasteiger partial charge in [-0.25, -0.2) is 0 Å². The topological polar surface area (TPSA) is 64.8 Å². The fourth-order valence-electron chi connectivity index (χ4n) is 1.87. The lowest BCUT2D eigenvalue weighted by atomic mass is 10.1. The first-order valence-corrected chi connectivity index (χ1v) is 6.59. The molecule has 1 aromatic rings. The molecule has 1 rings (SSSR count). The number of benzene rings is 1. The molecule has 0 aliphatic rings. The van der Waals surface area contributed by atoms with Crippen LogP contribution in [0.2, 0.25) is 0 Å². The van der Waals surface area contributed by atoms with Crippen LogP contribution in [0.1, 0.15) is 23.7 Å². The third-order valence-corrected chi connectivity index (χ3v) is 3.28. The molecule has 0 fully saturated rings. The van der Waals surface area contributed by atoms with Crippen LogP contribution < -0.4 is 15.2 Å². The molecule has 0 saturated heterocycles. The summed E-state index contributed by atoms with van der Waals surface area (Å²) in [5.74, 6) is 0.785. The van der Waals surface area contributed by atoms with Crippen LogP contribution in [0.4, 0.5) is 0 Å². The summed E-state index contributed by atoms with van der Waals surface area (Å²) in [4.78, 5) is 14.5. The summed E-state index contributed by atoms with van der Waals surface area (Å²) in [6, 6.07) is 5.11. The van der Waals surface area contributed by atoms with Crippen LogP contribution in [-0.4, -0.2) is 43.1 Å². The van der Waals surface area contributed by atoms with Gasteiger partial charge in [0.1, 0.15) is 0 Å². The lowest BCUT2D eigenvalue weighted by Gasteiger charge is -2.25. The molecule has 0 aliphatic heterocycles. The number of para-hydroxylation sites is 1. The molecule has 5 nitrogen and oxygen atoms in total. The Hall–Kier alpha value is -1.82. The Morgan fingerprint density at radius 3 is 2.55 bits per heavy atom. The van der Waals surface area contributed by atoms with Crippen LogP contribution in [-0.2, 0) is 0 Å². The van der Waals surface area contributed by atoms with Gasteiger partial charge in [0.05, 0.1) is 24.8 Å². The van der Waals surface area contributed by atoms with E-state index in [1.807, 2.05) is 6.92 Å². The van der Waals surface area contributed by atoms with Gasteiger partial charge >= 0.3 is 0 Å². The number of nitrogens with two attached hydrogens (primary N) is 1. The molecule has 0 spiro atoms. The van der Waals surface area contributed by atoms with E-state index in [4.69, 9.17) is 27.4 Å². The van der Waals surface area contributed by atoms with Crippen LogP contribution in [0.3, 0.4) is 0 Å². The van der Waals surface area contributed by atoms with Crippen LogP contribution in [0.25, 0.3) is 0 Å². The maximum Gasteiger partial charge on any atom is 0.257 e. The molecule has 0 heterocycles. The van der Waals surface area contributed by atoms with E-state index in [9.17, 15) is 4.79 Å². The minimum Gasteiger partial charge on any atom is -0.493 e. The summed E-state index contributed by atoms with van der Waals surface area (Å²) < 4.78 is 10.5. The number of rotatable bonds is 6. The van der Waals surface area contributed by atoms with E-state index < -0.39 is 0 Å². The summed E-state index contributed by atoms with van der Waals surface area (Å²) >= 11 is 4.88. The van der Waals surface area contributed by atoms with Crippen LogP contribution in [0, 0.1) is 0 Å². The average molecular weight is 296 g/mol. The molecule has 6 heteroatoms. The molecule has 0 aliphatic carbocycles. The molecule has 1 atom stereocenters. The summed E-state index contributed by atoms with van der Waals surface area (Å²) in [6.07, 6.45) is 0.476. The zero-order valence-corrected chi connectivity index (χ0v) is 13.0. The first-order chi connectivity index (χ1) is 9.42. The highest BCUT2D eigenvalue weighted by atomic mass is 32.1. The molecular formula is C14H20N2O3S. The molecule has 110 valence electrons. The SMILES string of the molecule is COc1cccc(C(=O)N(C)C(C)CC(N)=S)c1OC. The van der Waals surface area contributed by atoms with E-state index in [0.29, 0.717) is 28.5 Å². The number of thiocarbonyl (C=S) groups is 1. The Morgan fingerprint density at radius 2 is 2.05 bits per heavy atom. The second kappa shape index (κ2) is 7.09. The van der Waals surface area contributed by atoms with Gasteiger partial charge in [0, 0.05) is 19.5 Å². The number of carbonyl (C=O) groups excluding carboxylic acids is 1. The van der Waals surface area contributed by atoms with Crippen molar-refractivity contribution in [2.45, 2.75) is 19.4 Å². The first-order valence-electron chi connectivity index (χ1n) is 6.18. The average Bonchev–Trinajstić information content (AvgIpc) is 2.43. The Bertz CT molecular complexity index is 505. The molecule has 2 N–H and O–H groups in total. The van der Waals surface area contributed by atoms with Gasteiger partial charge in [-0.05, 0) is 19.1 Å². The van der Waals surface area contributed by atoms with Crippen molar-refractivity contribution < 1.29 is 14.3 Å². The smallest absolute Gasteiger partial charge is 0.257 e. The number of hydrogen-bond donors (Lipinski definition) is 1. The fourth-order valence-corrected chi connectivity index (χ4v) is 2.11. The number of carbonyl (C=O) groups is 1. The van der Waals surface area contributed by atoms with E-state index in [2.05, 4.69) is 0 Å². The van der Waals surface area contributed by atoms with Crippen molar-refractivity contribution in [2.75, 3.05) is 21.3 Å². The lowest BCUT2D eigenvalue weighted by molar-refractivity contribution is 0.0744. The number of methoxy groups -OCH3 is 2. The Kier molecular flexibility index (Phi) is 5.76. The predicted molar refractivity (Wildman–Crippen MR) is 82.5 cm³/mol. The van der Waals surface area contributed by atoms with Gasteiger partial charge in [-0.15, -0.1) is 0 Å². The Morgan fingerprint density at radius 1 is 1.40 bits per heavy atom. The number of hydrogen-bond acceptors (Lipinski definition) is 4. The van der Waals surface area contributed by atoms with E-state index in [1.165, 1.54) is 14.2 Å². The highest BCUT2D eigenvalue weighted by molar-refractivity contribution is 7.80. The van der Waals surface area contributed by atoms with Gasteiger partial charge in [-0.1, -0.05) is 18.3 Å². The zero-order chi connectivity index (χ0) is 15.3. The first kappa shape index (κ1) is 16.2. The molecule has 1 amide bonds. The van der Waals surface area contributed by atoms with Crippen LogP contribution in [0.5, 0.6) is 11.5 Å². The highest BCUT2D eigenvalue weighted by Gasteiger charge is 2.23. The zero-order valence-electron chi connectivity index (χ0n) is 12.2. The molecule has 20 heavy (non-hydrogen) atoms. The van der Waals surface area contributed by atoms with Gasteiger partial charge in [-0.3, -0.25) is 4.79 Å². The largest absolute Gasteiger partial charge is 0.493 e. The maximum atomic E-state index is 12.5. The van der Waals surface area contributed by atoms with Crippen molar-refractivity contribution in [2.24, 2.45) is 5.73 Å². The van der Waals surface area contributed by atoms with Crippen molar-refractivity contribution >= 4 is 23.1 Å². The van der Waals surface area contributed by atoms with Crippen LogP contribution in [0.15, 0.2) is 18.2 Å². The maximum absolute atomic E-state index is 12.5. The second-order valence-electron chi connectivity index (χ2n) is 4.48. The molecule has 0 bridgehead atoms. The summed E-state index contributed by atoms with van der Waals surface area (Å²) in [7, 11) is 4.75. The lowest BCUT2D eigenvalue weighted by Crippen LogP contribution is -2.37. The normalized spacial score (nSPS) is 11.6. The summed E-state index contributed by atoms with van der Waals surface area (Å²) in [5.41, 5.74) is 5.97. The van der Waals surface area contributed by atoms with Crippen molar-refractivity contribution in [3.63, 3.8) is 0 Å². The molecule has 0 radical (unpaired) electrons. The van der Waals surface area contributed by atoms with Gasteiger partial charge in [-0.2, -0.15) is 0 Å². The third-order valence-electron chi connectivity index (χ3n) is 3.11. The van der Waals surface area contributed by atoms with E-state index in [0.717, 1.165) is 0 Å². The summed E-state index contributed by atoms with van der Waals surface area (Å²) in [6.45, 7) is 1.89. The monoisotopic (exact) mass is 296 g/mol. The number of amides is 1. The molecule has 0 aromatic heterocycles. The van der Waals surface area contributed by atoms with E-state index in [-0.39, 0.29) is 11.9 Å². The van der Waals surface area contributed by atoms with Crippen LogP contribution >= 0.6 is 12.2 Å². The molecular weight excluding hydrogens is 276 g/mol. The highest BCUT2D eigenvalue weighted by Crippen LogP contribution is 2.31. The summed E-state index contributed by atoms with van der Waals surface area (Å²) in [5, 5.41) is 0. The second-order valence-corrected chi connectivity index (χ2v) is 5.00. The molecule has 1 unspecified atom stereocenters. The quantitative estimate of drug-likeness (QED) is 0.812. The molecule has 1 aromatic carbocycles. The van der Waals surface area contributed by atoms with Crippen molar-refractivity contribution in [3.8, 4) is 11.5 Å². The van der Waals surface area contributed by atoms with Crippen molar-refractivity contribution in [1.82, 2.24) is 4.90 Å². The van der Waals surface area contributed by atoms with Gasteiger partial charge < -0.3 is 20.1 Å². The van der Waals surface area contributed by atoms with Gasteiger partial charge in [0.15, 0.2) is 11.5 Å². The van der Waals surface area contributed by atoms with E-state index >= 15 is 0 Å². The minimum absolute atomic E-state index is 0.0871. The number of ether oxygens (including phenoxy) is 2. The van der Waals surface area contributed by atoms with E-state index in [1.54, 1.807) is 30.1 Å². The predicted octanol–water partition coefficient (Wildman–Crippen LogP) is 1.84. The number of nitrogens with zero attached hydrogens (tertiary/aromatic N) is 1. The third kappa shape index (κ3) is 3.60. The van der Waals surface area contributed by atoms with Gasteiger partial charge in [0.2, 0.25) is 0 Å².